The number of carbonyl (C=O) groups excluding carboxylic acids is 1. The van der Waals surface area contributed by atoms with E-state index in [4.69, 9.17) is 4.74 Å². The lowest BCUT2D eigenvalue weighted by molar-refractivity contribution is -0.121. The third-order valence-electron chi connectivity index (χ3n) is 3.69. The van der Waals surface area contributed by atoms with E-state index >= 15 is 0 Å². The minimum atomic E-state index is 0.368. The molecule has 0 aromatic rings. The highest BCUT2D eigenvalue weighted by atomic mass is 16.5. The van der Waals surface area contributed by atoms with Gasteiger partial charge in [-0.1, -0.05) is 26.7 Å². The third kappa shape index (κ3) is 6.18. The SMILES string of the molecule is CCC(CC)CC(=O)CCOC1CCNCC1. The number of rotatable bonds is 8. The average Bonchev–Trinajstić information content (AvgIpc) is 2.37. The van der Waals surface area contributed by atoms with Gasteiger partial charge in [0.05, 0.1) is 12.7 Å². The van der Waals surface area contributed by atoms with E-state index in [9.17, 15) is 4.79 Å². The first-order valence-electron chi connectivity index (χ1n) is 7.10. The minimum Gasteiger partial charge on any atom is -0.378 e. The molecule has 0 aliphatic carbocycles. The number of hydrogen-bond donors (Lipinski definition) is 1. The van der Waals surface area contributed by atoms with Gasteiger partial charge < -0.3 is 10.1 Å². The molecule has 1 rings (SSSR count). The first-order valence-corrected chi connectivity index (χ1v) is 7.10. The molecule has 1 saturated heterocycles. The third-order valence-corrected chi connectivity index (χ3v) is 3.69. The van der Waals surface area contributed by atoms with Crippen LogP contribution in [0.4, 0.5) is 0 Å². The predicted molar refractivity (Wildman–Crippen MR) is 70.2 cm³/mol. The van der Waals surface area contributed by atoms with Crippen LogP contribution >= 0.6 is 0 Å². The van der Waals surface area contributed by atoms with Crippen molar-refractivity contribution in [1.29, 1.82) is 0 Å². The van der Waals surface area contributed by atoms with Crippen molar-refractivity contribution in [2.45, 2.75) is 58.5 Å². The number of piperidine rings is 1. The summed E-state index contributed by atoms with van der Waals surface area (Å²) in [6, 6.07) is 0. The fraction of sp³-hybridized carbons (Fsp3) is 0.929. The fourth-order valence-electron chi connectivity index (χ4n) is 2.30. The van der Waals surface area contributed by atoms with E-state index in [1.807, 2.05) is 0 Å². The van der Waals surface area contributed by atoms with Gasteiger partial charge in [-0.3, -0.25) is 4.79 Å². The van der Waals surface area contributed by atoms with Crippen LogP contribution in [0.3, 0.4) is 0 Å². The molecule has 17 heavy (non-hydrogen) atoms. The van der Waals surface area contributed by atoms with Crippen LogP contribution in [0.25, 0.3) is 0 Å². The zero-order chi connectivity index (χ0) is 12.5. The minimum absolute atomic E-state index is 0.368. The Balaban J connectivity index is 2.06. The maximum atomic E-state index is 11.7. The van der Waals surface area contributed by atoms with Crippen molar-refractivity contribution in [3.63, 3.8) is 0 Å². The molecule has 0 aromatic carbocycles. The number of hydrogen-bond acceptors (Lipinski definition) is 3. The predicted octanol–water partition coefficient (Wildman–Crippen LogP) is 2.54. The molecule has 1 fully saturated rings. The summed E-state index contributed by atoms with van der Waals surface area (Å²) in [6.45, 7) is 7.03. The van der Waals surface area contributed by atoms with E-state index in [2.05, 4.69) is 19.2 Å². The monoisotopic (exact) mass is 241 g/mol. The van der Waals surface area contributed by atoms with Gasteiger partial charge in [-0.15, -0.1) is 0 Å². The number of carbonyl (C=O) groups is 1. The molecule has 1 aliphatic heterocycles. The summed E-state index contributed by atoms with van der Waals surface area (Å²) in [5, 5.41) is 3.31. The molecule has 0 spiro atoms. The largest absolute Gasteiger partial charge is 0.378 e. The van der Waals surface area contributed by atoms with Crippen molar-refractivity contribution in [3.8, 4) is 0 Å². The molecule has 3 heteroatoms. The summed E-state index contributed by atoms with van der Waals surface area (Å²) in [6.07, 6.45) is 6.09. The molecule has 100 valence electrons. The Morgan fingerprint density at radius 1 is 1.29 bits per heavy atom. The second-order valence-corrected chi connectivity index (χ2v) is 5.00. The Kier molecular flexibility index (Phi) is 7.45. The lowest BCUT2D eigenvalue weighted by Crippen LogP contribution is -2.32. The van der Waals surface area contributed by atoms with E-state index in [-0.39, 0.29) is 0 Å². The highest BCUT2D eigenvalue weighted by molar-refractivity contribution is 5.78. The van der Waals surface area contributed by atoms with Gasteiger partial charge in [0, 0.05) is 12.8 Å². The van der Waals surface area contributed by atoms with Crippen molar-refractivity contribution < 1.29 is 9.53 Å². The van der Waals surface area contributed by atoms with E-state index in [1.165, 1.54) is 0 Å². The van der Waals surface area contributed by atoms with Gasteiger partial charge in [-0.25, -0.2) is 0 Å². The summed E-state index contributed by atoms with van der Waals surface area (Å²) in [5.74, 6) is 0.939. The summed E-state index contributed by atoms with van der Waals surface area (Å²) < 4.78 is 5.74. The molecule has 1 N–H and O–H groups in total. The zero-order valence-electron chi connectivity index (χ0n) is 11.3. The molecule has 0 radical (unpaired) electrons. The average molecular weight is 241 g/mol. The van der Waals surface area contributed by atoms with Gasteiger partial charge in [0.25, 0.3) is 0 Å². The normalized spacial score (nSPS) is 17.6. The maximum absolute atomic E-state index is 11.7. The second kappa shape index (κ2) is 8.65. The summed E-state index contributed by atoms with van der Waals surface area (Å²) >= 11 is 0. The second-order valence-electron chi connectivity index (χ2n) is 5.00. The first-order chi connectivity index (χ1) is 8.26. The van der Waals surface area contributed by atoms with Crippen molar-refractivity contribution >= 4 is 5.78 Å². The number of ketones is 1. The molecule has 0 bridgehead atoms. The van der Waals surface area contributed by atoms with Crippen molar-refractivity contribution in [2.24, 2.45) is 5.92 Å². The van der Waals surface area contributed by atoms with Crippen LogP contribution in [0, 0.1) is 5.92 Å². The Hall–Kier alpha value is -0.410. The fourth-order valence-corrected chi connectivity index (χ4v) is 2.30. The summed E-state index contributed by atoms with van der Waals surface area (Å²) in [7, 11) is 0. The Bertz CT molecular complexity index is 208. The van der Waals surface area contributed by atoms with Crippen LogP contribution in [-0.4, -0.2) is 31.6 Å². The van der Waals surface area contributed by atoms with Gasteiger partial charge in [-0.05, 0) is 31.8 Å². The van der Waals surface area contributed by atoms with Crippen LogP contribution in [-0.2, 0) is 9.53 Å². The van der Waals surface area contributed by atoms with Gasteiger partial charge in [0.1, 0.15) is 5.78 Å². The Labute approximate surface area is 105 Å². The molecular weight excluding hydrogens is 214 g/mol. The van der Waals surface area contributed by atoms with Crippen molar-refractivity contribution in [1.82, 2.24) is 5.32 Å². The number of ether oxygens (including phenoxy) is 1. The lowest BCUT2D eigenvalue weighted by Gasteiger charge is -2.22. The number of Topliss-reactive ketones (excluding diaryl/α,β-unsaturated/α-hetero) is 1. The first kappa shape index (κ1) is 14.7. The van der Waals surface area contributed by atoms with Gasteiger partial charge >= 0.3 is 0 Å². The molecule has 0 amide bonds. The highest BCUT2D eigenvalue weighted by Crippen LogP contribution is 2.14. The lowest BCUT2D eigenvalue weighted by atomic mass is 9.96. The van der Waals surface area contributed by atoms with E-state index in [0.29, 0.717) is 30.8 Å². The van der Waals surface area contributed by atoms with Gasteiger partial charge in [0.15, 0.2) is 0 Å². The molecular formula is C14H27NO2. The van der Waals surface area contributed by atoms with Crippen LogP contribution in [0.2, 0.25) is 0 Å². The molecule has 1 aliphatic rings. The van der Waals surface area contributed by atoms with Crippen LogP contribution in [0.15, 0.2) is 0 Å². The number of nitrogens with one attached hydrogen (secondary N) is 1. The molecule has 0 saturated carbocycles. The van der Waals surface area contributed by atoms with E-state index in [0.717, 1.165) is 45.2 Å². The summed E-state index contributed by atoms with van der Waals surface area (Å²) in [5.41, 5.74) is 0. The summed E-state index contributed by atoms with van der Waals surface area (Å²) in [4.78, 5) is 11.7. The Morgan fingerprint density at radius 3 is 2.53 bits per heavy atom. The molecule has 3 nitrogen and oxygen atoms in total. The van der Waals surface area contributed by atoms with Gasteiger partial charge in [0.2, 0.25) is 0 Å². The molecule has 0 atom stereocenters. The standard InChI is InChI=1S/C14H27NO2/c1-3-12(4-2)11-13(16)7-10-17-14-5-8-15-9-6-14/h12,14-15H,3-11H2,1-2H3. The van der Waals surface area contributed by atoms with Crippen LogP contribution in [0.1, 0.15) is 52.4 Å². The molecule has 0 aromatic heterocycles. The maximum Gasteiger partial charge on any atom is 0.135 e. The van der Waals surface area contributed by atoms with Crippen molar-refractivity contribution in [3.05, 3.63) is 0 Å². The van der Waals surface area contributed by atoms with E-state index < -0.39 is 0 Å². The van der Waals surface area contributed by atoms with Crippen LogP contribution < -0.4 is 5.32 Å². The van der Waals surface area contributed by atoms with Crippen molar-refractivity contribution in [2.75, 3.05) is 19.7 Å². The topological polar surface area (TPSA) is 38.3 Å². The molecule has 1 heterocycles. The van der Waals surface area contributed by atoms with Gasteiger partial charge in [-0.2, -0.15) is 0 Å². The smallest absolute Gasteiger partial charge is 0.135 e. The quantitative estimate of drug-likeness (QED) is 0.709. The van der Waals surface area contributed by atoms with Crippen LogP contribution in [0.5, 0.6) is 0 Å². The Morgan fingerprint density at radius 2 is 1.94 bits per heavy atom. The molecule has 0 unspecified atom stereocenters. The van der Waals surface area contributed by atoms with E-state index in [1.54, 1.807) is 0 Å². The zero-order valence-corrected chi connectivity index (χ0v) is 11.3. The highest BCUT2D eigenvalue weighted by Gasteiger charge is 2.14.